The maximum atomic E-state index is 12.6. The molecule has 2 amide bonds. The molecule has 1 aromatic heterocycles. The second-order valence-electron chi connectivity index (χ2n) is 7.07. The van der Waals surface area contributed by atoms with Crippen LogP contribution in [0.2, 0.25) is 0 Å². The molecule has 2 aromatic carbocycles. The summed E-state index contributed by atoms with van der Waals surface area (Å²) < 4.78 is 5.14. The number of amides is 2. The van der Waals surface area contributed by atoms with E-state index >= 15 is 0 Å². The minimum atomic E-state index is -0.516. The second kappa shape index (κ2) is 10.0. The van der Waals surface area contributed by atoms with Crippen molar-refractivity contribution >= 4 is 34.0 Å². The van der Waals surface area contributed by atoms with Gasteiger partial charge in [-0.2, -0.15) is 0 Å². The van der Waals surface area contributed by atoms with E-state index in [2.05, 4.69) is 15.6 Å². The number of aryl methyl sites for hydroxylation is 1. The summed E-state index contributed by atoms with van der Waals surface area (Å²) in [7, 11) is 1.56. The van der Waals surface area contributed by atoms with E-state index in [1.54, 1.807) is 55.8 Å². The fraction of sp³-hybridized carbons (Fsp3) is 0.227. The van der Waals surface area contributed by atoms with Crippen molar-refractivity contribution in [1.29, 1.82) is 0 Å². The third-order valence-electron chi connectivity index (χ3n) is 4.74. The molecular formula is C22H22N4O5S. The van der Waals surface area contributed by atoms with Gasteiger partial charge in [0.1, 0.15) is 5.75 Å². The average Bonchev–Trinajstić information content (AvgIpc) is 3.21. The summed E-state index contributed by atoms with van der Waals surface area (Å²) in [6.07, 6.45) is 0.0107. The Bertz CT molecular complexity index is 1140. The molecule has 9 nitrogen and oxygen atoms in total. The lowest BCUT2D eigenvalue weighted by Gasteiger charge is -2.18. The van der Waals surface area contributed by atoms with Crippen LogP contribution in [0.3, 0.4) is 0 Å². The number of methoxy groups -OCH3 is 1. The number of nitro benzene ring substituents is 1. The summed E-state index contributed by atoms with van der Waals surface area (Å²) in [6, 6.07) is 11.5. The molecule has 0 aliphatic carbocycles. The van der Waals surface area contributed by atoms with Gasteiger partial charge in [0.15, 0.2) is 5.13 Å². The van der Waals surface area contributed by atoms with E-state index in [-0.39, 0.29) is 23.9 Å². The van der Waals surface area contributed by atoms with Crippen LogP contribution >= 0.6 is 11.3 Å². The van der Waals surface area contributed by atoms with Gasteiger partial charge in [0, 0.05) is 29.5 Å². The number of carbonyl (C=O) groups is 2. The minimum absolute atomic E-state index is 0.0107. The highest BCUT2D eigenvalue weighted by atomic mass is 32.1. The van der Waals surface area contributed by atoms with E-state index in [4.69, 9.17) is 4.74 Å². The van der Waals surface area contributed by atoms with Crippen molar-refractivity contribution in [2.24, 2.45) is 0 Å². The fourth-order valence-electron chi connectivity index (χ4n) is 3.12. The first kappa shape index (κ1) is 22.9. The molecule has 1 unspecified atom stereocenters. The Labute approximate surface area is 188 Å². The largest absolute Gasteiger partial charge is 0.497 e. The van der Waals surface area contributed by atoms with Gasteiger partial charge in [-0.25, -0.2) is 4.98 Å². The molecule has 0 saturated carbocycles. The standard InChI is InChI=1S/C22H22N4O5S/c1-13-4-5-16(10-20(13)26(29)30)19-12-32-22(24-19)25-21(28)11-18(23-14(2)27)15-6-8-17(31-3)9-7-15/h4-10,12,18H,11H2,1-3H3,(H,23,27)(H,24,25,28). The number of nitro groups is 1. The zero-order chi connectivity index (χ0) is 23.3. The van der Waals surface area contributed by atoms with Crippen molar-refractivity contribution in [1.82, 2.24) is 10.3 Å². The number of hydrogen-bond donors (Lipinski definition) is 2. The topological polar surface area (TPSA) is 123 Å². The van der Waals surface area contributed by atoms with Crippen LogP contribution < -0.4 is 15.4 Å². The smallest absolute Gasteiger partial charge is 0.272 e. The number of thiazole rings is 1. The Morgan fingerprint density at radius 3 is 2.56 bits per heavy atom. The molecule has 0 aliphatic rings. The number of nitrogens with one attached hydrogen (secondary N) is 2. The highest BCUT2D eigenvalue weighted by molar-refractivity contribution is 7.14. The van der Waals surface area contributed by atoms with Gasteiger partial charge in [-0.3, -0.25) is 19.7 Å². The predicted octanol–water partition coefficient (Wildman–Crippen LogP) is 4.24. The summed E-state index contributed by atoms with van der Waals surface area (Å²) in [5.41, 5.74) is 2.46. The first-order valence-corrected chi connectivity index (χ1v) is 10.6. The highest BCUT2D eigenvalue weighted by Crippen LogP contribution is 2.30. The lowest BCUT2D eigenvalue weighted by molar-refractivity contribution is -0.385. The van der Waals surface area contributed by atoms with Crippen LogP contribution in [-0.4, -0.2) is 28.8 Å². The molecule has 2 N–H and O–H groups in total. The van der Waals surface area contributed by atoms with Gasteiger partial charge in [-0.1, -0.05) is 24.3 Å². The number of benzene rings is 2. The van der Waals surface area contributed by atoms with E-state index in [1.165, 1.54) is 24.3 Å². The van der Waals surface area contributed by atoms with Gasteiger partial charge in [-0.05, 0) is 24.6 Å². The minimum Gasteiger partial charge on any atom is -0.497 e. The molecule has 0 bridgehead atoms. The van der Waals surface area contributed by atoms with Crippen LogP contribution in [0.4, 0.5) is 10.8 Å². The quantitative estimate of drug-likeness (QED) is 0.388. The molecule has 0 fully saturated rings. The number of carbonyl (C=O) groups excluding carboxylic acids is 2. The normalized spacial score (nSPS) is 11.5. The molecule has 0 spiro atoms. The van der Waals surface area contributed by atoms with Crippen molar-refractivity contribution in [3.05, 3.63) is 69.1 Å². The molecule has 0 saturated heterocycles. The molecule has 0 radical (unpaired) electrons. The third kappa shape index (κ3) is 5.67. The molecule has 1 heterocycles. The van der Waals surface area contributed by atoms with E-state index in [0.717, 1.165) is 5.56 Å². The van der Waals surface area contributed by atoms with Crippen molar-refractivity contribution in [3.63, 3.8) is 0 Å². The van der Waals surface area contributed by atoms with E-state index in [9.17, 15) is 19.7 Å². The second-order valence-corrected chi connectivity index (χ2v) is 7.93. The molecule has 1 atom stereocenters. The van der Waals surface area contributed by atoms with Gasteiger partial charge >= 0.3 is 0 Å². The van der Waals surface area contributed by atoms with E-state index < -0.39 is 11.0 Å². The van der Waals surface area contributed by atoms with Crippen LogP contribution in [-0.2, 0) is 9.59 Å². The van der Waals surface area contributed by atoms with Crippen molar-refractivity contribution in [2.45, 2.75) is 26.3 Å². The number of rotatable bonds is 8. The van der Waals surface area contributed by atoms with Crippen LogP contribution in [0.25, 0.3) is 11.3 Å². The SMILES string of the molecule is COc1ccc(C(CC(=O)Nc2nc(-c3ccc(C)c([N+](=O)[O-])c3)cs2)NC(C)=O)cc1. The molecule has 0 aliphatic heterocycles. The first-order chi connectivity index (χ1) is 15.3. The Balaban J connectivity index is 1.72. The third-order valence-corrected chi connectivity index (χ3v) is 5.50. The number of aromatic nitrogens is 1. The maximum Gasteiger partial charge on any atom is 0.272 e. The van der Waals surface area contributed by atoms with Crippen LogP contribution in [0.15, 0.2) is 47.8 Å². The summed E-state index contributed by atoms with van der Waals surface area (Å²) >= 11 is 1.22. The van der Waals surface area contributed by atoms with Crippen LogP contribution in [0, 0.1) is 17.0 Å². The Hall–Kier alpha value is -3.79. The Morgan fingerprint density at radius 1 is 1.22 bits per heavy atom. The van der Waals surface area contributed by atoms with Crippen molar-refractivity contribution < 1.29 is 19.2 Å². The van der Waals surface area contributed by atoms with Crippen molar-refractivity contribution in [2.75, 3.05) is 12.4 Å². The molecule has 3 rings (SSSR count). The number of ether oxygens (including phenoxy) is 1. The van der Waals surface area contributed by atoms with Gasteiger partial charge in [-0.15, -0.1) is 11.3 Å². The molecule has 3 aromatic rings. The molecule has 10 heteroatoms. The number of hydrogen-bond acceptors (Lipinski definition) is 7. The van der Waals surface area contributed by atoms with Crippen molar-refractivity contribution in [3.8, 4) is 17.0 Å². The highest BCUT2D eigenvalue weighted by Gasteiger charge is 2.19. The monoisotopic (exact) mass is 454 g/mol. The Morgan fingerprint density at radius 2 is 1.94 bits per heavy atom. The molecule has 32 heavy (non-hydrogen) atoms. The zero-order valence-electron chi connectivity index (χ0n) is 17.7. The lowest BCUT2D eigenvalue weighted by Crippen LogP contribution is -2.29. The van der Waals surface area contributed by atoms with Gasteiger partial charge in [0.2, 0.25) is 11.8 Å². The Kier molecular flexibility index (Phi) is 7.16. The maximum absolute atomic E-state index is 12.6. The van der Waals surface area contributed by atoms with Crippen LogP contribution in [0.5, 0.6) is 5.75 Å². The zero-order valence-corrected chi connectivity index (χ0v) is 18.6. The molecule has 166 valence electrons. The summed E-state index contributed by atoms with van der Waals surface area (Å²) in [5.74, 6) is 0.0953. The van der Waals surface area contributed by atoms with Gasteiger partial charge in [0.25, 0.3) is 5.69 Å². The van der Waals surface area contributed by atoms with E-state index in [0.29, 0.717) is 27.7 Å². The number of anilines is 1. The molecular weight excluding hydrogens is 432 g/mol. The fourth-order valence-corrected chi connectivity index (χ4v) is 3.85. The average molecular weight is 455 g/mol. The first-order valence-electron chi connectivity index (χ1n) is 9.68. The lowest BCUT2D eigenvalue weighted by atomic mass is 10.0. The predicted molar refractivity (Wildman–Crippen MR) is 122 cm³/mol. The summed E-state index contributed by atoms with van der Waals surface area (Å²) in [5, 5.41) is 18.8. The van der Waals surface area contributed by atoms with Gasteiger partial charge in [0.05, 0.1) is 30.2 Å². The van der Waals surface area contributed by atoms with Crippen LogP contribution in [0.1, 0.15) is 30.5 Å². The van der Waals surface area contributed by atoms with Gasteiger partial charge < -0.3 is 15.4 Å². The van der Waals surface area contributed by atoms with E-state index in [1.807, 2.05) is 0 Å². The number of nitrogens with zero attached hydrogens (tertiary/aromatic N) is 2. The summed E-state index contributed by atoms with van der Waals surface area (Å²) in [4.78, 5) is 39.4. The summed E-state index contributed by atoms with van der Waals surface area (Å²) in [6.45, 7) is 3.06.